The van der Waals surface area contributed by atoms with Crippen LogP contribution < -0.4 is 5.73 Å². The summed E-state index contributed by atoms with van der Waals surface area (Å²) in [5, 5.41) is 1.20. The van der Waals surface area contributed by atoms with Crippen LogP contribution in [-0.2, 0) is 6.42 Å². The van der Waals surface area contributed by atoms with Gasteiger partial charge in [0.25, 0.3) is 0 Å². The fourth-order valence-electron chi connectivity index (χ4n) is 2.34. The normalized spacial score (nSPS) is 20.2. The van der Waals surface area contributed by atoms with Gasteiger partial charge in [-0.2, -0.15) is 0 Å². The largest absolute Gasteiger partial charge is 0.324 e. The summed E-state index contributed by atoms with van der Waals surface area (Å²) in [4.78, 5) is 4.69. The van der Waals surface area contributed by atoms with E-state index in [0.717, 1.165) is 18.4 Å². The number of para-hydroxylation sites is 1. The van der Waals surface area contributed by atoms with E-state index in [1.807, 2.05) is 12.1 Å². The molecule has 0 bridgehead atoms. The Bertz CT molecular complexity index is 505. The van der Waals surface area contributed by atoms with Crippen molar-refractivity contribution in [1.82, 2.24) is 4.98 Å². The summed E-state index contributed by atoms with van der Waals surface area (Å²) in [5.41, 5.74) is 9.64. The van der Waals surface area contributed by atoms with E-state index in [-0.39, 0.29) is 6.04 Å². The van der Waals surface area contributed by atoms with Crippen molar-refractivity contribution in [1.29, 1.82) is 0 Å². The van der Waals surface area contributed by atoms with Crippen molar-refractivity contribution in [2.45, 2.75) is 25.3 Å². The van der Waals surface area contributed by atoms with Crippen LogP contribution in [-0.4, -0.2) is 4.98 Å². The van der Waals surface area contributed by atoms with E-state index in [4.69, 9.17) is 5.73 Å². The van der Waals surface area contributed by atoms with E-state index in [2.05, 4.69) is 23.2 Å². The molecule has 1 aromatic carbocycles. The summed E-state index contributed by atoms with van der Waals surface area (Å²) in [6, 6.07) is 10.6. The van der Waals surface area contributed by atoms with Crippen molar-refractivity contribution in [2.75, 3.05) is 0 Å². The molecule has 1 aliphatic rings. The van der Waals surface area contributed by atoms with Gasteiger partial charge in [-0.15, -0.1) is 0 Å². The molecule has 1 unspecified atom stereocenters. The van der Waals surface area contributed by atoms with Crippen molar-refractivity contribution < 1.29 is 0 Å². The maximum Gasteiger partial charge on any atom is 0.0705 e. The van der Waals surface area contributed by atoms with Crippen LogP contribution in [0.3, 0.4) is 0 Å². The van der Waals surface area contributed by atoms with Crippen LogP contribution in [0.2, 0.25) is 0 Å². The van der Waals surface area contributed by atoms with Gasteiger partial charge in [-0.1, -0.05) is 18.2 Å². The summed E-state index contributed by atoms with van der Waals surface area (Å²) in [6.45, 7) is 0. The first-order valence-electron chi connectivity index (χ1n) is 5.49. The third-order valence-corrected chi connectivity index (χ3v) is 3.16. The maximum atomic E-state index is 6.10. The molecule has 1 aromatic heterocycles. The van der Waals surface area contributed by atoms with Crippen molar-refractivity contribution in [2.24, 2.45) is 5.73 Å². The Kier molecular flexibility index (Phi) is 1.96. The highest BCUT2D eigenvalue weighted by atomic mass is 14.7. The fourth-order valence-corrected chi connectivity index (χ4v) is 2.34. The number of fused-ring (bicyclic) bond motifs is 2. The maximum absolute atomic E-state index is 6.10. The monoisotopic (exact) mass is 198 g/mol. The first-order chi connectivity index (χ1) is 7.34. The van der Waals surface area contributed by atoms with Gasteiger partial charge in [0.15, 0.2) is 0 Å². The van der Waals surface area contributed by atoms with E-state index >= 15 is 0 Å². The molecule has 0 fully saturated rings. The smallest absolute Gasteiger partial charge is 0.0705 e. The first kappa shape index (κ1) is 8.86. The van der Waals surface area contributed by atoms with Crippen LogP contribution in [0.15, 0.2) is 30.3 Å². The Morgan fingerprint density at radius 1 is 1.27 bits per heavy atom. The lowest BCUT2D eigenvalue weighted by atomic mass is 9.91. The predicted octanol–water partition coefficient (Wildman–Crippen LogP) is 2.57. The lowest BCUT2D eigenvalue weighted by Crippen LogP contribution is -2.18. The SMILES string of the molecule is NC1CCCc2nc3ccccc3cc21. The van der Waals surface area contributed by atoms with Crippen LogP contribution in [0, 0.1) is 0 Å². The van der Waals surface area contributed by atoms with E-state index in [1.54, 1.807) is 0 Å². The summed E-state index contributed by atoms with van der Waals surface area (Å²) in [5.74, 6) is 0. The molecule has 1 aliphatic carbocycles. The molecular weight excluding hydrogens is 184 g/mol. The third kappa shape index (κ3) is 1.41. The topological polar surface area (TPSA) is 38.9 Å². The molecular formula is C13H14N2. The Morgan fingerprint density at radius 2 is 2.13 bits per heavy atom. The lowest BCUT2D eigenvalue weighted by Gasteiger charge is -2.21. The zero-order chi connectivity index (χ0) is 10.3. The first-order valence-corrected chi connectivity index (χ1v) is 5.49. The van der Waals surface area contributed by atoms with Gasteiger partial charge in [-0.3, -0.25) is 4.98 Å². The average molecular weight is 198 g/mol. The van der Waals surface area contributed by atoms with Gasteiger partial charge in [-0.05, 0) is 37.0 Å². The zero-order valence-electron chi connectivity index (χ0n) is 8.61. The van der Waals surface area contributed by atoms with E-state index < -0.39 is 0 Å². The summed E-state index contributed by atoms with van der Waals surface area (Å²) in [7, 11) is 0. The molecule has 0 amide bonds. The van der Waals surface area contributed by atoms with Crippen molar-refractivity contribution >= 4 is 10.9 Å². The molecule has 1 heterocycles. The second kappa shape index (κ2) is 3.31. The fraction of sp³-hybridized carbons (Fsp3) is 0.308. The van der Waals surface area contributed by atoms with Gasteiger partial charge in [-0.25, -0.2) is 0 Å². The minimum atomic E-state index is 0.186. The van der Waals surface area contributed by atoms with Crippen LogP contribution >= 0.6 is 0 Å². The molecule has 0 saturated heterocycles. The minimum absolute atomic E-state index is 0.186. The molecule has 1 atom stereocenters. The van der Waals surface area contributed by atoms with Crippen molar-refractivity contribution in [3.05, 3.63) is 41.6 Å². The summed E-state index contributed by atoms with van der Waals surface area (Å²) in [6.07, 6.45) is 3.33. The standard InChI is InChI=1S/C13H14N2/c14-11-5-3-7-13-10(11)8-9-4-1-2-6-12(9)15-13/h1-2,4,6,8,11H,3,5,7,14H2. The number of aryl methyl sites for hydroxylation is 1. The molecule has 2 aromatic rings. The second-order valence-electron chi connectivity index (χ2n) is 4.22. The zero-order valence-corrected chi connectivity index (χ0v) is 8.61. The molecule has 3 rings (SSSR count). The highest BCUT2D eigenvalue weighted by Crippen LogP contribution is 2.29. The third-order valence-electron chi connectivity index (χ3n) is 3.16. The van der Waals surface area contributed by atoms with Crippen LogP contribution in [0.5, 0.6) is 0 Å². The van der Waals surface area contributed by atoms with Gasteiger partial charge < -0.3 is 5.73 Å². The van der Waals surface area contributed by atoms with E-state index in [9.17, 15) is 0 Å². The molecule has 15 heavy (non-hydrogen) atoms. The molecule has 0 saturated carbocycles. The number of hydrogen-bond donors (Lipinski definition) is 1. The highest BCUT2D eigenvalue weighted by molar-refractivity contribution is 5.79. The van der Waals surface area contributed by atoms with Crippen LogP contribution in [0.1, 0.15) is 30.1 Å². The second-order valence-corrected chi connectivity index (χ2v) is 4.22. The van der Waals surface area contributed by atoms with Gasteiger partial charge in [0, 0.05) is 17.1 Å². The summed E-state index contributed by atoms with van der Waals surface area (Å²) < 4.78 is 0. The Labute approximate surface area is 89.1 Å². The number of aromatic nitrogens is 1. The Hall–Kier alpha value is -1.41. The minimum Gasteiger partial charge on any atom is -0.324 e. The molecule has 2 heteroatoms. The highest BCUT2D eigenvalue weighted by Gasteiger charge is 2.18. The quantitative estimate of drug-likeness (QED) is 0.706. The molecule has 2 nitrogen and oxygen atoms in total. The number of pyridine rings is 1. The van der Waals surface area contributed by atoms with Gasteiger partial charge in [0.2, 0.25) is 0 Å². The van der Waals surface area contributed by atoms with E-state index in [1.165, 1.54) is 23.1 Å². The molecule has 0 spiro atoms. The van der Waals surface area contributed by atoms with E-state index in [0.29, 0.717) is 0 Å². The Balaban J connectivity index is 2.27. The van der Waals surface area contributed by atoms with Crippen LogP contribution in [0.4, 0.5) is 0 Å². The number of nitrogens with two attached hydrogens (primary N) is 1. The molecule has 2 N–H and O–H groups in total. The lowest BCUT2D eigenvalue weighted by molar-refractivity contribution is 0.562. The molecule has 0 aliphatic heterocycles. The number of rotatable bonds is 0. The van der Waals surface area contributed by atoms with Gasteiger partial charge >= 0.3 is 0 Å². The number of hydrogen-bond acceptors (Lipinski definition) is 2. The number of benzene rings is 1. The predicted molar refractivity (Wildman–Crippen MR) is 61.6 cm³/mol. The molecule has 0 radical (unpaired) electrons. The van der Waals surface area contributed by atoms with Crippen molar-refractivity contribution in [3.63, 3.8) is 0 Å². The van der Waals surface area contributed by atoms with Crippen molar-refractivity contribution in [3.8, 4) is 0 Å². The Morgan fingerprint density at radius 3 is 3.07 bits per heavy atom. The number of nitrogens with zero attached hydrogens (tertiary/aromatic N) is 1. The van der Waals surface area contributed by atoms with Gasteiger partial charge in [0.1, 0.15) is 0 Å². The average Bonchev–Trinajstić information content (AvgIpc) is 2.27. The van der Waals surface area contributed by atoms with Crippen LogP contribution in [0.25, 0.3) is 10.9 Å². The molecule has 76 valence electrons. The summed E-state index contributed by atoms with van der Waals surface area (Å²) >= 11 is 0. The van der Waals surface area contributed by atoms with Gasteiger partial charge in [0.05, 0.1) is 5.52 Å².